The maximum atomic E-state index is 11.6. The molecule has 1 aliphatic heterocycles. The van der Waals surface area contributed by atoms with Crippen LogP contribution >= 0.6 is 0 Å². The molecule has 0 radical (unpaired) electrons. The number of carbonyl (C=O) groups excluding carboxylic acids is 2. The summed E-state index contributed by atoms with van der Waals surface area (Å²) in [5.41, 5.74) is 0.446. The first-order chi connectivity index (χ1) is 7.16. The van der Waals surface area contributed by atoms with Crippen molar-refractivity contribution in [2.75, 3.05) is 0 Å². The van der Waals surface area contributed by atoms with Crippen LogP contribution < -0.4 is 0 Å². The van der Waals surface area contributed by atoms with Gasteiger partial charge in [-0.05, 0) is 19.8 Å². The Kier molecular flexibility index (Phi) is 2.66. The molecule has 4 heteroatoms. The number of nitrogens with zero attached hydrogens (tertiary/aromatic N) is 2. The van der Waals surface area contributed by atoms with Gasteiger partial charge >= 0.3 is 0 Å². The zero-order valence-corrected chi connectivity index (χ0v) is 8.82. The normalized spacial score (nSPS) is 14.7. The van der Waals surface area contributed by atoms with E-state index in [2.05, 4.69) is 4.98 Å². The van der Waals surface area contributed by atoms with Gasteiger partial charge in [0.05, 0.1) is 6.42 Å². The van der Waals surface area contributed by atoms with Crippen molar-refractivity contribution in [3.05, 3.63) is 17.7 Å². The second-order valence-electron chi connectivity index (χ2n) is 3.99. The third-order valence-corrected chi connectivity index (χ3v) is 2.60. The molecule has 1 aromatic rings. The standard InChI is InChI=1S/C11H14N2O2/c1-8(14)6-10(15)9-7-13-5-3-2-4-11(13)12-9/h7H,2-6H2,1H3. The van der Waals surface area contributed by atoms with Gasteiger partial charge in [0, 0.05) is 19.2 Å². The molecule has 0 saturated carbocycles. The Bertz CT molecular complexity index is 383. The summed E-state index contributed by atoms with van der Waals surface area (Å²) < 4.78 is 2.02. The van der Waals surface area contributed by atoms with E-state index in [0.29, 0.717) is 5.69 Å². The van der Waals surface area contributed by atoms with Gasteiger partial charge in [-0.2, -0.15) is 0 Å². The molecule has 80 valence electrons. The van der Waals surface area contributed by atoms with Crippen LogP contribution in [0.1, 0.15) is 42.5 Å². The Labute approximate surface area is 88.3 Å². The second-order valence-corrected chi connectivity index (χ2v) is 3.99. The molecule has 2 heterocycles. The van der Waals surface area contributed by atoms with E-state index in [1.165, 1.54) is 6.92 Å². The predicted octanol–water partition coefficient (Wildman–Crippen LogP) is 1.38. The summed E-state index contributed by atoms with van der Waals surface area (Å²) in [4.78, 5) is 26.7. The molecule has 0 spiro atoms. The lowest BCUT2D eigenvalue weighted by molar-refractivity contribution is -0.116. The fourth-order valence-electron chi connectivity index (χ4n) is 1.86. The first-order valence-corrected chi connectivity index (χ1v) is 5.25. The van der Waals surface area contributed by atoms with Crippen molar-refractivity contribution in [1.29, 1.82) is 0 Å². The van der Waals surface area contributed by atoms with E-state index in [1.54, 1.807) is 6.20 Å². The van der Waals surface area contributed by atoms with Crippen LogP contribution in [0.4, 0.5) is 0 Å². The molecule has 0 fully saturated rings. The smallest absolute Gasteiger partial charge is 0.190 e. The minimum Gasteiger partial charge on any atom is -0.334 e. The van der Waals surface area contributed by atoms with Crippen LogP contribution in [0.5, 0.6) is 0 Å². The maximum Gasteiger partial charge on any atom is 0.190 e. The summed E-state index contributed by atoms with van der Waals surface area (Å²) in [5, 5.41) is 0. The van der Waals surface area contributed by atoms with Crippen molar-refractivity contribution < 1.29 is 9.59 Å². The number of aromatic nitrogens is 2. The van der Waals surface area contributed by atoms with Gasteiger partial charge in [0.25, 0.3) is 0 Å². The first kappa shape index (κ1) is 10.1. The fraction of sp³-hybridized carbons (Fsp3) is 0.545. The van der Waals surface area contributed by atoms with Gasteiger partial charge in [-0.15, -0.1) is 0 Å². The largest absolute Gasteiger partial charge is 0.334 e. The number of imidazole rings is 1. The summed E-state index contributed by atoms with van der Waals surface area (Å²) in [6.45, 7) is 2.36. The molecule has 0 atom stereocenters. The lowest BCUT2D eigenvalue weighted by Gasteiger charge is -2.11. The summed E-state index contributed by atoms with van der Waals surface area (Å²) in [6.07, 6.45) is 4.96. The second kappa shape index (κ2) is 3.96. The molecule has 15 heavy (non-hydrogen) atoms. The molecule has 0 aliphatic carbocycles. The monoisotopic (exact) mass is 206 g/mol. The predicted molar refractivity (Wildman–Crippen MR) is 54.8 cm³/mol. The van der Waals surface area contributed by atoms with Gasteiger partial charge in [0.2, 0.25) is 0 Å². The average Bonchev–Trinajstić information content (AvgIpc) is 2.59. The van der Waals surface area contributed by atoms with E-state index >= 15 is 0 Å². The molecular formula is C11H14N2O2. The van der Waals surface area contributed by atoms with Gasteiger partial charge in [0.1, 0.15) is 17.3 Å². The van der Waals surface area contributed by atoms with Crippen LogP contribution in [0.25, 0.3) is 0 Å². The number of Topliss-reactive ketones (excluding diaryl/α,β-unsaturated/α-hetero) is 2. The van der Waals surface area contributed by atoms with Crippen molar-refractivity contribution in [2.45, 2.75) is 39.2 Å². The number of fused-ring (bicyclic) bond motifs is 1. The SMILES string of the molecule is CC(=O)CC(=O)c1cn2c(n1)CCCC2. The van der Waals surface area contributed by atoms with Crippen molar-refractivity contribution in [3.8, 4) is 0 Å². The summed E-state index contributed by atoms with van der Waals surface area (Å²) in [6, 6.07) is 0. The summed E-state index contributed by atoms with van der Waals surface area (Å²) in [5.74, 6) is 0.712. The third-order valence-electron chi connectivity index (χ3n) is 2.60. The van der Waals surface area contributed by atoms with Crippen LogP contribution in [0, 0.1) is 0 Å². The van der Waals surface area contributed by atoms with E-state index in [0.717, 1.165) is 31.6 Å². The van der Waals surface area contributed by atoms with Gasteiger partial charge in [-0.25, -0.2) is 4.98 Å². The number of hydrogen-bond acceptors (Lipinski definition) is 3. The molecule has 0 unspecified atom stereocenters. The average molecular weight is 206 g/mol. The van der Waals surface area contributed by atoms with Crippen LogP contribution in [0.15, 0.2) is 6.20 Å². The number of rotatable bonds is 3. The topological polar surface area (TPSA) is 52.0 Å². The fourth-order valence-corrected chi connectivity index (χ4v) is 1.86. The molecule has 0 bridgehead atoms. The minimum atomic E-state index is -0.163. The first-order valence-electron chi connectivity index (χ1n) is 5.25. The van der Waals surface area contributed by atoms with Crippen LogP contribution in [-0.2, 0) is 17.8 Å². The third kappa shape index (κ3) is 2.14. The van der Waals surface area contributed by atoms with Crippen molar-refractivity contribution in [3.63, 3.8) is 0 Å². The van der Waals surface area contributed by atoms with E-state index in [9.17, 15) is 9.59 Å². The molecule has 0 saturated heterocycles. The molecule has 1 aromatic heterocycles. The van der Waals surface area contributed by atoms with Crippen molar-refractivity contribution >= 4 is 11.6 Å². The molecule has 0 aromatic carbocycles. The highest BCUT2D eigenvalue weighted by Gasteiger charge is 2.17. The van der Waals surface area contributed by atoms with Gasteiger partial charge in [0.15, 0.2) is 5.78 Å². The zero-order valence-electron chi connectivity index (χ0n) is 8.82. The Morgan fingerprint density at radius 2 is 2.27 bits per heavy atom. The van der Waals surface area contributed by atoms with Crippen LogP contribution in [0.3, 0.4) is 0 Å². The minimum absolute atomic E-state index is 0.0313. The maximum absolute atomic E-state index is 11.6. The molecule has 4 nitrogen and oxygen atoms in total. The molecule has 0 N–H and O–H groups in total. The summed E-state index contributed by atoms with van der Waals surface area (Å²) >= 11 is 0. The van der Waals surface area contributed by atoms with Crippen molar-refractivity contribution in [1.82, 2.24) is 9.55 Å². The van der Waals surface area contributed by atoms with Crippen LogP contribution in [-0.4, -0.2) is 21.1 Å². The molecular weight excluding hydrogens is 192 g/mol. The molecule has 0 amide bonds. The van der Waals surface area contributed by atoms with E-state index in [-0.39, 0.29) is 18.0 Å². The van der Waals surface area contributed by atoms with Crippen molar-refractivity contribution in [2.24, 2.45) is 0 Å². The van der Waals surface area contributed by atoms with E-state index in [1.807, 2.05) is 4.57 Å². The van der Waals surface area contributed by atoms with Crippen LogP contribution in [0.2, 0.25) is 0 Å². The molecule has 1 aliphatic rings. The number of hydrogen-bond donors (Lipinski definition) is 0. The zero-order chi connectivity index (χ0) is 10.8. The number of aryl methyl sites for hydroxylation is 2. The van der Waals surface area contributed by atoms with Gasteiger partial charge < -0.3 is 4.57 Å². The highest BCUT2D eigenvalue weighted by molar-refractivity contribution is 6.06. The van der Waals surface area contributed by atoms with Gasteiger partial charge in [-0.1, -0.05) is 0 Å². The van der Waals surface area contributed by atoms with Gasteiger partial charge in [-0.3, -0.25) is 9.59 Å². The lowest BCUT2D eigenvalue weighted by atomic mass is 10.2. The lowest BCUT2D eigenvalue weighted by Crippen LogP contribution is -2.08. The quantitative estimate of drug-likeness (QED) is 0.554. The number of carbonyl (C=O) groups is 2. The Morgan fingerprint density at radius 1 is 1.47 bits per heavy atom. The molecule has 2 rings (SSSR count). The number of ketones is 2. The highest BCUT2D eigenvalue weighted by atomic mass is 16.1. The Hall–Kier alpha value is -1.45. The summed E-state index contributed by atoms with van der Waals surface area (Å²) in [7, 11) is 0. The Morgan fingerprint density at radius 3 is 2.93 bits per heavy atom. The highest BCUT2D eigenvalue weighted by Crippen LogP contribution is 2.15. The van der Waals surface area contributed by atoms with E-state index < -0.39 is 0 Å². The Balaban J connectivity index is 2.18. The van der Waals surface area contributed by atoms with E-state index in [4.69, 9.17) is 0 Å².